The molecule has 2 nitrogen and oxygen atoms in total. The molecule has 0 atom stereocenters. The number of hydrogen-bond donors (Lipinski definition) is 0. The summed E-state index contributed by atoms with van der Waals surface area (Å²) in [6, 6.07) is 0.579. The first kappa shape index (κ1) is 12.4. The highest BCUT2D eigenvalue weighted by Gasteiger charge is 2.38. The molecule has 0 spiro atoms. The van der Waals surface area contributed by atoms with Crippen LogP contribution in [-0.4, -0.2) is 13.1 Å². The summed E-state index contributed by atoms with van der Waals surface area (Å²) in [5.74, 6) is -5.00. The van der Waals surface area contributed by atoms with Crippen LogP contribution >= 0.6 is 0 Å². The molecule has 7 heteroatoms. The monoisotopic (exact) mass is 240 g/mol. The maximum absolute atomic E-state index is 13.1. The topological polar surface area (TPSA) is 26.3 Å². The Labute approximate surface area is 86.6 Å². The number of halogens is 5. The number of carbonyl (C=O) groups is 1. The highest BCUT2D eigenvalue weighted by Crippen LogP contribution is 2.34. The van der Waals surface area contributed by atoms with Crippen molar-refractivity contribution in [3.63, 3.8) is 0 Å². The zero-order chi connectivity index (χ0) is 12.5. The number of esters is 1. The van der Waals surface area contributed by atoms with Crippen molar-refractivity contribution in [2.24, 2.45) is 0 Å². The number of ether oxygens (including phenoxy) is 1. The molecule has 0 saturated heterocycles. The summed E-state index contributed by atoms with van der Waals surface area (Å²) < 4.78 is 66.8. The van der Waals surface area contributed by atoms with E-state index in [0.717, 1.165) is 7.11 Å². The van der Waals surface area contributed by atoms with E-state index in [-0.39, 0.29) is 6.07 Å². The van der Waals surface area contributed by atoms with Crippen LogP contribution in [0.3, 0.4) is 0 Å². The van der Waals surface area contributed by atoms with Gasteiger partial charge in [-0.05, 0) is 12.1 Å². The number of methoxy groups -OCH3 is 1. The number of carbonyl (C=O) groups excluding carboxylic acids is 1. The van der Waals surface area contributed by atoms with Gasteiger partial charge in [-0.1, -0.05) is 0 Å². The summed E-state index contributed by atoms with van der Waals surface area (Å²) in [5.41, 5.74) is -3.02. The zero-order valence-electron chi connectivity index (χ0n) is 7.86. The van der Waals surface area contributed by atoms with E-state index in [1.54, 1.807) is 0 Å². The Balaban J connectivity index is 3.51. The Morgan fingerprint density at radius 2 is 1.81 bits per heavy atom. The third kappa shape index (κ3) is 2.12. The van der Waals surface area contributed by atoms with Gasteiger partial charge >= 0.3 is 12.1 Å². The molecule has 0 fully saturated rings. The minimum Gasteiger partial charge on any atom is -0.465 e. The van der Waals surface area contributed by atoms with E-state index in [0.29, 0.717) is 6.07 Å². The lowest BCUT2D eigenvalue weighted by Crippen LogP contribution is -2.17. The predicted octanol–water partition coefficient (Wildman–Crippen LogP) is 2.77. The predicted molar refractivity (Wildman–Crippen MR) is 42.7 cm³/mol. The first-order valence-electron chi connectivity index (χ1n) is 3.92. The normalized spacial score (nSPS) is 11.4. The van der Waals surface area contributed by atoms with Gasteiger partial charge in [-0.25, -0.2) is 13.6 Å². The SMILES string of the molecule is COC(=O)c1c(C(F)(F)F)ccc(F)c1F. The summed E-state index contributed by atoms with van der Waals surface area (Å²) in [4.78, 5) is 10.9. The van der Waals surface area contributed by atoms with Gasteiger partial charge in [0, 0.05) is 0 Å². The lowest BCUT2D eigenvalue weighted by atomic mass is 10.1. The highest BCUT2D eigenvalue weighted by atomic mass is 19.4. The lowest BCUT2D eigenvalue weighted by Gasteiger charge is -2.12. The molecule has 0 amide bonds. The molecule has 1 aromatic rings. The Hall–Kier alpha value is -1.66. The number of hydrogen-bond acceptors (Lipinski definition) is 2. The van der Waals surface area contributed by atoms with Crippen LogP contribution in [0.25, 0.3) is 0 Å². The van der Waals surface area contributed by atoms with Crippen molar-refractivity contribution in [2.45, 2.75) is 6.18 Å². The summed E-state index contributed by atoms with van der Waals surface area (Å²) in [7, 11) is 0.771. The number of benzene rings is 1. The van der Waals surface area contributed by atoms with Gasteiger partial charge in [0.15, 0.2) is 11.6 Å². The maximum atomic E-state index is 13.1. The van der Waals surface area contributed by atoms with Gasteiger partial charge in [0.25, 0.3) is 0 Å². The van der Waals surface area contributed by atoms with E-state index >= 15 is 0 Å². The largest absolute Gasteiger partial charge is 0.465 e. The van der Waals surface area contributed by atoms with E-state index < -0.39 is 34.9 Å². The van der Waals surface area contributed by atoms with Crippen molar-refractivity contribution in [3.8, 4) is 0 Å². The van der Waals surface area contributed by atoms with E-state index in [1.165, 1.54) is 0 Å². The second kappa shape index (κ2) is 4.07. The van der Waals surface area contributed by atoms with Crippen molar-refractivity contribution in [1.82, 2.24) is 0 Å². The van der Waals surface area contributed by atoms with Crippen molar-refractivity contribution in [1.29, 1.82) is 0 Å². The second-order valence-corrected chi connectivity index (χ2v) is 2.77. The zero-order valence-corrected chi connectivity index (χ0v) is 7.86. The van der Waals surface area contributed by atoms with Crippen LogP contribution in [-0.2, 0) is 10.9 Å². The minimum absolute atomic E-state index is 0.282. The highest BCUT2D eigenvalue weighted by molar-refractivity contribution is 5.91. The fourth-order valence-electron chi connectivity index (χ4n) is 1.09. The van der Waals surface area contributed by atoms with Crippen LogP contribution in [0.15, 0.2) is 12.1 Å². The van der Waals surface area contributed by atoms with Crippen LogP contribution in [0.4, 0.5) is 22.0 Å². The van der Waals surface area contributed by atoms with E-state index in [4.69, 9.17) is 0 Å². The molecule has 0 unspecified atom stereocenters. The Kier molecular flexibility index (Phi) is 3.16. The van der Waals surface area contributed by atoms with Crippen LogP contribution in [0.1, 0.15) is 15.9 Å². The number of alkyl halides is 3. The second-order valence-electron chi connectivity index (χ2n) is 2.77. The lowest BCUT2D eigenvalue weighted by molar-refractivity contribution is -0.138. The Morgan fingerprint density at radius 3 is 2.25 bits per heavy atom. The van der Waals surface area contributed by atoms with Crippen molar-refractivity contribution in [2.75, 3.05) is 7.11 Å². The van der Waals surface area contributed by atoms with E-state index in [1.807, 2.05) is 0 Å². The molecule has 0 N–H and O–H groups in total. The van der Waals surface area contributed by atoms with Gasteiger partial charge in [0.2, 0.25) is 0 Å². The first-order chi connectivity index (χ1) is 7.29. The molecule has 16 heavy (non-hydrogen) atoms. The third-order valence-electron chi connectivity index (χ3n) is 1.79. The molecular weight excluding hydrogens is 235 g/mol. The van der Waals surface area contributed by atoms with Crippen LogP contribution in [0, 0.1) is 11.6 Å². The van der Waals surface area contributed by atoms with Gasteiger partial charge < -0.3 is 4.74 Å². The first-order valence-corrected chi connectivity index (χ1v) is 3.92. The molecule has 0 radical (unpaired) electrons. The number of rotatable bonds is 1. The smallest absolute Gasteiger partial charge is 0.417 e. The molecular formula is C9H5F5O2. The quantitative estimate of drug-likeness (QED) is 0.557. The molecule has 0 aliphatic heterocycles. The molecule has 0 bridgehead atoms. The standard InChI is InChI=1S/C9H5F5O2/c1-16-8(15)6-4(9(12,13)14)2-3-5(10)7(6)11/h2-3H,1H3. The minimum atomic E-state index is -4.96. The molecule has 0 aliphatic rings. The molecule has 0 aliphatic carbocycles. The summed E-state index contributed by atoms with van der Waals surface area (Å²) in [5, 5.41) is 0. The summed E-state index contributed by atoms with van der Waals surface area (Å²) in [6.07, 6.45) is -4.96. The molecule has 0 heterocycles. The van der Waals surface area contributed by atoms with E-state index in [9.17, 15) is 26.7 Å². The fraction of sp³-hybridized carbons (Fsp3) is 0.222. The van der Waals surface area contributed by atoms with Crippen molar-refractivity contribution < 1.29 is 31.5 Å². The van der Waals surface area contributed by atoms with Gasteiger partial charge in [0.05, 0.1) is 12.7 Å². The average Bonchev–Trinajstić information content (AvgIpc) is 2.19. The molecule has 88 valence electrons. The van der Waals surface area contributed by atoms with Gasteiger partial charge in [-0.2, -0.15) is 13.2 Å². The molecule has 1 rings (SSSR count). The summed E-state index contributed by atoms with van der Waals surface area (Å²) >= 11 is 0. The molecule has 0 saturated carbocycles. The van der Waals surface area contributed by atoms with Gasteiger partial charge in [-0.3, -0.25) is 0 Å². The maximum Gasteiger partial charge on any atom is 0.417 e. The van der Waals surface area contributed by atoms with Crippen LogP contribution in [0.2, 0.25) is 0 Å². The molecule has 0 aromatic heterocycles. The van der Waals surface area contributed by atoms with Gasteiger partial charge in [-0.15, -0.1) is 0 Å². The van der Waals surface area contributed by atoms with Crippen molar-refractivity contribution >= 4 is 5.97 Å². The van der Waals surface area contributed by atoms with Crippen LogP contribution in [0.5, 0.6) is 0 Å². The van der Waals surface area contributed by atoms with Crippen LogP contribution < -0.4 is 0 Å². The van der Waals surface area contributed by atoms with E-state index in [2.05, 4.69) is 4.74 Å². The average molecular weight is 240 g/mol. The third-order valence-corrected chi connectivity index (χ3v) is 1.79. The Morgan fingerprint density at radius 1 is 1.25 bits per heavy atom. The Bertz CT molecular complexity index is 425. The van der Waals surface area contributed by atoms with Crippen molar-refractivity contribution in [3.05, 3.63) is 34.9 Å². The van der Waals surface area contributed by atoms with Gasteiger partial charge in [0.1, 0.15) is 5.56 Å². The summed E-state index contributed by atoms with van der Waals surface area (Å²) in [6.45, 7) is 0. The fourth-order valence-corrected chi connectivity index (χ4v) is 1.09. The molecule has 1 aromatic carbocycles.